The van der Waals surface area contributed by atoms with E-state index in [1.807, 2.05) is 12.1 Å². The van der Waals surface area contributed by atoms with Gasteiger partial charge >= 0.3 is 0 Å². The summed E-state index contributed by atoms with van der Waals surface area (Å²) in [7, 11) is 0. The van der Waals surface area contributed by atoms with Gasteiger partial charge in [-0.1, -0.05) is 59.7 Å². The molecule has 0 heterocycles. The SMILES string of the molecule is C#Cc1ccc(Cc2ccc(C#Cc3ccc(C)cc3)cc2)cc1. The lowest BCUT2D eigenvalue weighted by Crippen LogP contribution is -1.88. The molecule has 3 aromatic rings. The number of hydrogen-bond acceptors (Lipinski definition) is 0. The zero-order valence-corrected chi connectivity index (χ0v) is 13.7. The van der Waals surface area contributed by atoms with Gasteiger partial charge in [0.25, 0.3) is 0 Å². The van der Waals surface area contributed by atoms with E-state index in [9.17, 15) is 0 Å². The van der Waals surface area contributed by atoms with Crippen LogP contribution in [0.15, 0.2) is 72.8 Å². The summed E-state index contributed by atoms with van der Waals surface area (Å²) in [5.74, 6) is 9.06. The highest BCUT2D eigenvalue weighted by Gasteiger charge is 1.97. The second-order valence-electron chi connectivity index (χ2n) is 5.83. The highest BCUT2D eigenvalue weighted by molar-refractivity contribution is 5.44. The highest BCUT2D eigenvalue weighted by Crippen LogP contribution is 2.12. The first-order valence-corrected chi connectivity index (χ1v) is 7.96. The van der Waals surface area contributed by atoms with Crippen LogP contribution in [0, 0.1) is 31.1 Å². The number of rotatable bonds is 2. The molecule has 0 unspecified atom stereocenters. The maximum atomic E-state index is 5.38. The van der Waals surface area contributed by atoms with Crippen LogP contribution in [0.4, 0.5) is 0 Å². The molecule has 0 N–H and O–H groups in total. The van der Waals surface area contributed by atoms with Crippen molar-refractivity contribution in [2.24, 2.45) is 0 Å². The summed E-state index contributed by atoms with van der Waals surface area (Å²) in [6, 6.07) is 24.8. The Kier molecular flexibility index (Phi) is 4.81. The van der Waals surface area contributed by atoms with Gasteiger partial charge < -0.3 is 0 Å². The van der Waals surface area contributed by atoms with E-state index in [-0.39, 0.29) is 0 Å². The Morgan fingerprint density at radius 3 is 1.50 bits per heavy atom. The van der Waals surface area contributed by atoms with Crippen LogP contribution in [-0.2, 0) is 6.42 Å². The Bertz CT molecular complexity index is 907. The van der Waals surface area contributed by atoms with Gasteiger partial charge in [-0.3, -0.25) is 0 Å². The van der Waals surface area contributed by atoms with Crippen molar-refractivity contribution in [3.8, 4) is 24.2 Å². The molecule has 0 spiro atoms. The van der Waals surface area contributed by atoms with Crippen molar-refractivity contribution in [1.29, 1.82) is 0 Å². The van der Waals surface area contributed by atoms with Crippen LogP contribution in [0.1, 0.15) is 33.4 Å². The Morgan fingerprint density at radius 2 is 1.04 bits per heavy atom. The van der Waals surface area contributed by atoms with Gasteiger partial charge in [0.2, 0.25) is 0 Å². The first-order valence-electron chi connectivity index (χ1n) is 7.96. The molecule has 0 amide bonds. The summed E-state index contributed by atoms with van der Waals surface area (Å²) in [6.07, 6.45) is 6.28. The van der Waals surface area contributed by atoms with Crippen molar-refractivity contribution in [3.63, 3.8) is 0 Å². The molecule has 3 rings (SSSR count). The highest BCUT2D eigenvalue weighted by atomic mass is 14.0. The molecule has 0 aliphatic rings. The average molecular weight is 306 g/mol. The van der Waals surface area contributed by atoms with Crippen LogP contribution >= 0.6 is 0 Å². The molecule has 0 radical (unpaired) electrons. The monoisotopic (exact) mass is 306 g/mol. The Labute approximate surface area is 144 Å². The molecule has 0 aromatic heterocycles. The standard InChI is InChI=1S/C24H18/c1-3-20-8-14-23(15-9-20)18-24-16-12-22(13-17-24)11-10-21-6-4-19(2)5-7-21/h1,4-9,12-17H,18H2,2H3. The van der Waals surface area contributed by atoms with E-state index < -0.39 is 0 Å². The Hall–Kier alpha value is -3.22. The summed E-state index contributed by atoms with van der Waals surface area (Å²) in [4.78, 5) is 0. The summed E-state index contributed by atoms with van der Waals surface area (Å²) in [5, 5.41) is 0. The molecule has 0 saturated heterocycles. The van der Waals surface area contributed by atoms with Gasteiger partial charge in [-0.15, -0.1) is 6.42 Å². The van der Waals surface area contributed by atoms with Crippen molar-refractivity contribution in [3.05, 3.63) is 106 Å². The maximum absolute atomic E-state index is 5.38. The quantitative estimate of drug-likeness (QED) is 0.587. The molecular formula is C24H18. The van der Waals surface area contributed by atoms with Crippen molar-refractivity contribution in [1.82, 2.24) is 0 Å². The summed E-state index contributed by atoms with van der Waals surface area (Å²) >= 11 is 0. The van der Waals surface area contributed by atoms with Crippen LogP contribution in [0.2, 0.25) is 0 Å². The summed E-state index contributed by atoms with van der Waals surface area (Å²) < 4.78 is 0. The van der Waals surface area contributed by atoms with Crippen LogP contribution in [0.3, 0.4) is 0 Å². The Balaban J connectivity index is 1.69. The third-order valence-electron chi connectivity index (χ3n) is 3.89. The van der Waals surface area contributed by atoms with E-state index in [1.165, 1.54) is 16.7 Å². The second kappa shape index (κ2) is 7.36. The molecule has 0 saturated carbocycles. The van der Waals surface area contributed by atoms with E-state index in [0.29, 0.717) is 0 Å². The molecule has 3 aromatic carbocycles. The summed E-state index contributed by atoms with van der Waals surface area (Å²) in [5.41, 5.74) is 6.76. The van der Waals surface area contributed by atoms with Crippen LogP contribution < -0.4 is 0 Å². The normalized spacial score (nSPS) is 9.67. The minimum atomic E-state index is 0.899. The topological polar surface area (TPSA) is 0 Å². The fourth-order valence-corrected chi connectivity index (χ4v) is 2.44. The number of hydrogen-bond donors (Lipinski definition) is 0. The zero-order valence-electron chi connectivity index (χ0n) is 13.7. The van der Waals surface area contributed by atoms with Gasteiger partial charge in [-0.25, -0.2) is 0 Å². The van der Waals surface area contributed by atoms with Crippen molar-refractivity contribution in [2.75, 3.05) is 0 Å². The molecule has 0 bridgehead atoms. The van der Waals surface area contributed by atoms with Crippen LogP contribution in [0.5, 0.6) is 0 Å². The van der Waals surface area contributed by atoms with Gasteiger partial charge in [0, 0.05) is 16.7 Å². The Morgan fingerprint density at radius 1 is 0.625 bits per heavy atom. The second-order valence-corrected chi connectivity index (χ2v) is 5.83. The molecule has 0 fully saturated rings. The maximum Gasteiger partial charge on any atom is 0.0249 e. The number of benzene rings is 3. The van der Waals surface area contributed by atoms with Gasteiger partial charge in [-0.05, 0) is 60.9 Å². The van der Waals surface area contributed by atoms with E-state index in [4.69, 9.17) is 6.42 Å². The van der Waals surface area contributed by atoms with Crippen molar-refractivity contribution in [2.45, 2.75) is 13.3 Å². The van der Waals surface area contributed by atoms with Gasteiger partial charge in [0.1, 0.15) is 0 Å². The van der Waals surface area contributed by atoms with Gasteiger partial charge in [0.15, 0.2) is 0 Å². The number of aryl methyl sites for hydroxylation is 1. The lowest BCUT2D eigenvalue weighted by atomic mass is 10.0. The number of terminal acetylenes is 1. The van der Waals surface area contributed by atoms with E-state index in [2.05, 4.69) is 85.3 Å². The minimum Gasteiger partial charge on any atom is -0.115 e. The molecule has 0 aliphatic carbocycles. The van der Waals surface area contributed by atoms with E-state index >= 15 is 0 Å². The first kappa shape index (κ1) is 15.7. The molecule has 0 nitrogen and oxygen atoms in total. The van der Waals surface area contributed by atoms with Crippen molar-refractivity contribution >= 4 is 0 Å². The first-order chi connectivity index (χ1) is 11.7. The molecule has 114 valence electrons. The molecule has 0 heteroatoms. The smallest absolute Gasteiger partial charge is 0.0249 e. The van der Waals surface area contributed by atoms with E-state index in [1.54, 1.807) is 0 Å². The summed E-state index contributed by atoms with van der Waals surface area (Å²) in [6.45, 7) is 2.08. The lowest BCUT2D eigenvalue weighted by Gasteiger charge is -2.02. The minimum absolute atomic E-state index is 0.899. The molecular weight excluding hydrogens is 288 g/mol. The van der Waals surface area contributed by atoms with Crippen molar-refractivity contribution < 1.29 is 0 Å². The fourth-order valence-electron chi connectivity index (χ4n) is 2.44. The zero-order chi connectivity index (χ0) is 16.8. The third kappa shape index (κ3) is 4.16. The largest absolute Gasteiger partial charge is 0.115 e. The molecule has 24 heavy (non-hydrogen) atoms. The molecule has 0 atom stereocenters. The van der Waals surface area contributed by atoms with E-state index in [0.717, 1.165) is 23.1 Å². The fraction of sp³-hybridized carbons (Fsp3) is 0.0833. The molecule has 0 aliphatic heterocycles. The van der Waals surface area contributed by atoms with Crippen LogP contribution in [-0.4, -0.2) is 0 Å². The van der Waals surface area contributed by atoms with Crippen LogP contribution in [0.25, 0.3) is 0 Å². The van der Waals surface area contributed by atoms with Gasteiger partial charge in [-0.2, -0.15) is 0 Å². The van der Waals surface area contributed by atoms with Gasteiger partial charge in [0.05, 0.1) is 0 Å². The lowest BCUT2D eigenvalue weighted by molar-refractivity contribution is 1.19. The third-order valence-corrected chi connectivity index (χ3v) is 3.89. The average Bonchev–Trinajstić information content (AvgIpc) is 2.63. The predicted octanol–water partition coefficient (Wildman–Crippen LogP) is 4.97. The predicted molar refractivity (Wildman–Crippen MR) is 101 cm³/mol.